The van der Waals surface area contributed by atoms with Crippen molar-refractivity contribution >= 4 is 56.0 Å². The maximum Gasteiger partial charge on any atom is 0.248 e. The molecule has 0 radical (unpaired) electrons. The molecule has 4 aromatic rings. The molecule has 5 rings (SSSR count). The minimum absolute atomic E-state index is 0.0477. The van der Waals surface area contributed by atoms with Gasteiger partial charge in [-0.05, 0) is 99.1 Å². The van der Waals surface area contributed by atoms with Crippen molar-refractivity contribution in [2.75, 3.05) is 40.3 Å². The fraction of sp³-hybridized carbons (Fsp3) is 0.650. The predicted octanol–water partition coefficient (Wildman–Crippen LogP) is 8.90. The summed E-state index contributed by atoms with van der Waals surface area (Å²) in [5, 5.41) is 15.6. The van der Waals surface area contributed by atoms with Crippen LogP contribution in [0.1, 0.15) is 70.3 Å². The molecule has 4 aromatic heterocycles. The molecule has 56 heavy (non-hydrogen) atoms. The van der Waals surface area contributed by atoms with Crippen LogP contribution in [-0.2, 0) is 34.0 Å². The molecule has 0 amide bonds. The van der Waals surface area contributed by atoms with E-state index in [-0.39, 0.29) is 24.1 Å². The number of hydrogen-bond acceptors (Lipinski definition) is 10. The van der Waals surface area contributed by atoms with Gasteiger partial charge in [-0.3, -0.25) is 14.6 Å². The zero-order valence-electron chi connectivity index (χ0n) is 35.9. The first kappa shape index (κ1) is 44.5. The Morgan fingerprint density at radius 3 is 2.52 bits per heavy atom. The first-order valence-corrected chi connectivity index (χ1v) is 27.6. The predicted molar refractivity (Wildman–Crippen MR) is 238 cm³/mol. The van der Waals surface area contributed by atoms with Crippen molar-refractivity contribution in [3.63, 3.8) is 0 Å². The van der Waals surface area contributed by atoms with Crippen molar-refractivity contribution in [3.05, 3.63) is 39.5 Å². The minimum atomic E-state index is -1.92. The largest absolute Gasteiger partial charge is 0.476 e. The van der Waals surface area contributed by atoms with Crippen LogP contribution in [0, 0.1) is 10.5 Å². The van der Waals surface area contributed by atoms with Crippen molar-refractivity contribution in [1.29, 1.82) is 0 Å². The standard InChI is InChI=1S/C40H65IN8O5Si2/c1-14-31-30-23-32(42-24-33(30)49(44-31)35-17-15-16-19-51-35)36-29(3)43-47(8)39(36)52-26-28(2)46(7)25-34-37(41)38(53-27-50-21-22-55(9,10)11)45-48(34)18-20-54-56(12,13)40(4,5)6/h14,23-24,28,35H,1,15-22,25-27H2,2-13H3/t28-,35?/m1/s1. The molecule has 1 saturated heterocycles. The smallest absolute Gasteiger partial charge is 0.248 e. The van der Waals surface area contributed by atoms with Crippen LogP contribution >= 0.6 is 22.6 Å². The van der Waals surface area contributed by atoms with E-state index >= 15 is 0 Å². The van der Waals surface area contributed by atoms with E-state index in [9.17, 15) is 0 Å². The Balaban J connectivity index is 1.31. The maximum atomic E-state index is 6.61. The highest BCUT2D eigenvalue weighted by Gasteiger charge is 2.37. The van der Waals surface area contributed by atoms with Crippen LogP contribution in [0.4, 0.5) is 0 Å². The molecule has 0 N–H and O–H groups in total. The summed E-state index contributed by atoms with van der Waals surface area (Å²) in [5.74, 6) is 1.26. The summed E-state index contributed by atoms with van der Waals surface area (Å²) in [6.07, 6.45) is 6.70. The summed E-state index contributed by atoms with van der Waals surface area (Å²) in [4.78, 5) is 7.20. The second-order valence-corrected chi connectivity index (χ2v) is 29.3. The summed E-state index contributed by atoms with van der Waals surface area (Å²) in [6, 6.07) is 3.21. The van der Waals surface area contributed by atoms with Gasteiger partial charge in [-0.1, -0.05) is 47.0 Å². The average Bonchev–Trinajstić information content (AvgIpc) is 3.75. The molecule has 310 valence electrons. The number of rotatable bonds is 19. The Labute approximate surface area is 349 Å². The SMILES string of the molecule is C=Cc1nn(C2CCCCO2)c2cnc(-c3c(C)nn(C)c3OC[C@@H](C)N(C)Cc3c(I)c(OCOCC[Si](C)(C)C)nn3CCO[Si](C)(C)C(C)(C)C)cc12. The van der Waals surface area contributed by atoms with Crippen molar-refractivity contribution < 1.29 is 23.4 Å². The summed E-state index contributed by atoms with van der Waals surface area (Å²) in [7, 11) is 0.913. The molecule has 1 fully saturated rings. The molecule has 0 bridgehead atoms. The van der Waals surface area contributed by atoms with E-state index in [1.165, 1.54) is 0 Å². The van der Waals surface area contributed by atoms with E-state index < -0.39 is 16.4 Å². The Kier molecular flexibility index (Phi) is 14.7. The van der Waals surface area contributed by atoms with Crippen LogP contribution in [0.2, 0.25) is 43.8 Å². The molecule has 0 saturated carbocycles. The summed E-state index contributed by atoms with van der Waals surface area (Å²) < 4.78 is 38.0. The monoisotopic (exact) mass is 920 g/mol. The molecule has 1 unspecified atom stereocenters. The van der Waals surface area contributed by atoms with Crippen LogP contribution in [0.25, 0.3) is 28.2 Å². The second kappa shape index (κ2) is 18.5. The van der Waals surface area contributed by atoms with Gasteiger partial charge in [0.2, 0.25) is 11.8 Å². The molecular formula is C40H65IN8O5Si2. The Morgan fingerprint density at radius 2 is 1.86 bits per heavy atom. The van der Waals surface area contributed by atoms with E-state index in [1.807, 2.05) is 29.5 Å². The normalized spacial score (nSPS) is 16.2. The highest BCUT2D eigenvalue weighted by atomic mass is 127. The Bertz CT molecular complexity index is 1940. The summed E-state index contributed by atoms with van der Waals surface area (Å²) in [5.41, 5.74) is 5.29. The Hall–Kier alpha value is -2.62. The number of likely N-dealkylation sites (N-methyl/N-ethyl adjacent to an activating group) is 1. The van der Waals surface area contributed by atoms with Crippen LogP contribution in [-0.4, -0.2) is 102 Å². The van der Waals surface area contributed by atoms with Gasteiger partial charge in [0.1, 0.15) is 6.61 Å². The average molecular weight is 921 g/mol. The molecular weight excluding hydrogens is 856 g/mol. The van der Waals surface area contributed by atoms with Crippen LogP contribution < -0.4 is 9.47 Å². The third kappa shape index (κ3) is 10.7. The lowest BCUT2D eigenvalue weighted by Crippen LogP contribution is -2.41. The number of pyridine rings is 1. The van der Waals surface area contributed by atoms with E-state index in [2.05, 4.69) is 108 Å². The lowest BCUT2D eigenvalue weighted by Gasteiger charge is -2.36. The van der Waals surface area contributed by atoms with E-state index in [1.54, 1.807) is 10.8 Å². The zero-order chi connectivity index (χ0) is 41.0. The molecule has 1 aliphatic heterocycles. The first-order valence-electron chi connectivity index (χ1n) is 19.9. The number of fused-ring (bicyclic) bond motifs is 1. The van der Waals surface area contributed by atoms with Crippen LogP contribution in [0.15, 0.2) is 18.8 Å². The fourth-order valence-corrected chi connectivity index (χ4v) is 8.82. The van der Waals surface area contributed by atoms with Gasteiger partial charge in [0.15, 0.2) is 21.3 Å². The zero-order valence-corrected chi connectivity index (χ0v) is 40.0. The third-order valence-corrected chi connectivity index (χ3v) is 18.4. The molecule has 13 nitrogen and oxygen atoms in total. The van der Waals surface area contributed by atoms with Crippen molar-refractivity contribution in [3.8, 4) is 23.0 Å². The van der Waals surface area contributed by atoms with Crippen molar-refractivity contribution in [2.24, 2.45) is 7.05 Å². The van der Waals surface area contributed by atoms with E-state index in [0.29, 0.717) is 44.7 Å². The molecule has 16 heteroatoms. The molecule has 0 aromatic carbocycles. The second-order valence-electron chi connectivity index (χ2n) is 17.8. The number of aromatic nitrogens is 7. The summed E-state index contributed by atoms with van der Waals surface area (Å²) in [6.45, 7) is 30.5. The van der Waals surface area contributed by atoms with Gasteiger partial charge < -0.3 is 23.4 Å². The number of aryl methyl sites for hydroxylation is 2. The minimum Gasteiger partial charge on any atom is -0.476 e. The molecule has 2 atom stereocenters. The molecule has 5 heterocycles. The first-order chi connectivity index (χ1) is 26.3. The number of nitrogens with zero attached hydrogens (tertiary/aromatic N) is 8. The molecule has 0 aliphatic carbocycles. The lowest BCUT2D eigenvalue weighted by atomic mass is 10.1. The van der Waals surface area contributed by atoms with Gasteiger partial charge in [0, 0.05) is 46.3 Å². The Morgan fingerprint density at radius 1 is 1.11 bits per heavy atom. The van der Waals surface area contributed by atoms with Gasteiger partial charge in [-0.2, -0.15) is 10.2 Å². The number of halogens is 1. The van der Waals surface area contributed by atoms with Crippen LogP contribution in [0.5, 0.6) is 11.8 Å². The van der Waals surface area contributed by atoms with Gasteiger partial charge in [0.05, 0.1) is 56.8 Å². The number of hydrogen-bond donors (Lipinski definition) is 0. The van der Waals surface area contributed by atoms with Gasteiger partial charge in [-0.15, -0.1) is 5.10 Å². The summed E-state index contributed by atoms with van der Waals surface area (Å²) >= 11 is 2.36. The highest BCUT2D eigenvalue weighted by molar-refractivity contribution is 14.1. The van der Waals surface area contributed by atoms with Crippen LogP contribution in [0.3, 0.4) is 0 Å². The third-order valence-electron chi connectivity index (χ3n) is 11.1. The van der Waals surface area contributed by atoms with Gasteiger partial charge in [0.25, 0.3) is 0 Å². The molecule has 1 aliphatic rings. The fourth-order valence-electron chi connectivity index (χ4n) is 6.32. The molecule has 0 spiro atoms. The maximum absolute atomic E-state index is 6.61. The lowest BCUT2D eigenvalue weighted by molar-refractivity contribution is -0.0367. The topological polar surface area (TPSA) is 116 Å². The van der Waals surface area contributed by atoms with Crippen molar-refractivity contribution in [2.45, 2.75) is 123 Å². The van der Waals surface area contributed by atoms with Crippen molar-refractivity contribution in [1.82, 2.24) is 39.2 Å². The number of ether oxygens (including phenoxy) is 4. The highest BCUT2D eigenvalue weighted by Crippen LogP contribution is 2.38. The quantitative estimate of drug-likeness (QED) is 0.0391. The van der Waals surface area contributed by atoms with Gasteiger partial charge in [-0.25, -0.2) is 9.36 Å². The van der Waals surface area contributed by atoms with Gasteiger partial charge >= 0.3 is 0 Å². The van der Waals surface area contributed by atoms with E-state index in [0.717, 1.165) is 74.7 Å². The van der Waals surface area contributed by atoms with E-state index in [4.69, 9.17) is 43.7 Å².